The molecule has 0 spiro atoms. The van der Waals surface area contributed by atoms with E-state index in [1.165, 1.54) is 4.90 Å². The van der Waals surface area contributed by atoms with Gasteiger partial charge in [-0.1, -0.05) is 11.6 Å². The number of ether oxygens (including phenoxy) is 3. The van der Waals surface area contributed by atoms with Gasteiger partial charge in [0.2, 0.25) is 0 Å². The zero-order chi connectivity index (χ0) is 25.9. The summed E-state index contributed by atoms with van der Waals surface area (Å²) in [5, 5.41) is 0.0680. The zero-order valence-electron chi connectivity index (χ0n) is 19.9. The Labute approximate surface area is 224 Å². The third-order valence-electron chi connectivity index (χ3n) is 7.92. The number of rotatable bonds is 6. The van der Waals surface area contributed by atoms with Gasteiger partial charge in [0, 0.05) is 19.6 Å². The molecule has 6 rings (SSSR count). The molecular formula is C24H26BrClF4N4O3. The highest BCUT2D eigenvalue weighted by Crippen LogP contribution is 2.48. The Kier molecular flexibility index (Phi) is 6.82. The number of benzene rings is 1. The summed E-state index contributed by atoms with van der Waals surface area (Å²) in [6.07, 6.45) is -0.557. The van der Waals surface area contributed by atoms with Crippen LogP contribution in [0.5, 0.6) is 11.8 Å². The third-order valence-corrected chi connectivity index (χ3v) is 9.25. The van der Waals surface area contributed by atoms with Crippen LogP contribution in [0.3, 0.4) is 0 Å². The van der Waals surface area contributed by atoms with Crippen LogP contribution in [0.25, 0.3) is 10.9 Å². The van der Waals surface area contributed by atoms with Crippen molar-refractivity contribution in [3.05, 3.63) is 15.3 Å². The molecule has 0 saturated carbocycles. The second-order valence-electron chi connectivity index (χ2n) is 10.2. The maximum Gasteiger partial charge on any atom is 0.319 e. The second-order valence-corrected chi connectivity index (χ2v) is 11.3. The first-order valence-electron chi connectivity index (χ1n) is 12.5. The number of anilines is 1. The van der Waals surface area contributed by atoms with Gasteiger partial charge in [0.05, 0.1) is 34.1 Å². The summed E-state index contributed by atoms with van der Waals surface area (Å²) in [6, 6.07) is -0.781. The summed E-state index contributed by atoms with van der Waals surface area (Å²) in [5.74, 6) is -0.612. The van der Waals surface area contributed by atoms with E-state index in [0.29, 0.717) is 26.0 Å². The molecule has 4 aliphatic rings. The quantitative estimate of drug-likeness (QED) is 0.332. The van der Waals surface area contributed by atoms with Crippen LogP contribution >= 0.6 is 27.5 Å². The van der Waals surface area contributed by atoms with E-state index in [4.69, 9.17) is 25.8 Å². The van der Waals surface area contributed by atoms with Gasteiger partial charge in [-0.15, -0.1) is 0 Å². The van der Waals surface area contributed by atoms with Crippen molar-refractivity contribution in [2.75, 3.05) is 44.4 Å². The Morgan fingerprint density at radius 1 is 1.27 bits per heavy atom. The number of aromatic nitrogens is 2. The molecule has 7 nitrogen and oxygen atoms in total. The van der Waals surface area contributed by atoms with Crippen LogP contribution < -0.4 is 14.4 Å². The minimum atomic E-state index is -2.71. The molecule has 2 unspecified atom stereocenters. The molecule has 0 aliphatic carbocycles. The lowest BCUT2D eigenvalue weighted by molar-refractivity contribution is 0.0644. The van der Waals surface area contributed by atoms with E-state index in [9.17, 15) is 13.2 Å². The summed E-state index contributed by atoms with van der Waals surface area (Å²) in [6.45, 7) is 1.07. The Balaban J connectivity index is 1.46. The summed E-state index contributed by atoms with van der Waals surface area (Å²) in [5.41, 5.74) is -0.642. The molecule has 2 aromatic rings. The number of halogens is 6. The van der Waals surface area contributed by atoms with Crippen LogP contribution in [-0.4, -0.2) is 84.6 Å². The van der Waals surface area contributed by atoms with Crippen molar-refractivity contribution in [1.29, 1.82) is 0 Å². The molecule has 202 valence electrons. The minimum absolute atomic E-state index is 0.00715. The molecule has 4 atom stereocenters. The predicted octanol–water partition coefficient (Wildman–Crippen LogP) is 5.15. The first-order chi connectivity index (χ1) is 17.8. The summed E-state index contributed by atoms with van der Waals surface area (Å²) >= 11 is 9.61. The van der Waals surface area contributed by atoms with Gasteiger partial charge in [-0.05, 0) is 48.2 Å². The van der Waals surface area contributed by atoms with Crippen LogP contribution in [0, 0.1) is 5.82 Å². The molecule has 37 heavy (non-hydrogen) atoms. The van der Waals surface area contributed by atoms with Crippen molar-refractivity contribution in [3.63, 3.8) is 0 Å². The Morgan fingerprint density at radius 3 is 2.86 bits per heavy atom. The van der Waals surface area contributed by atoms with Crippen molar-refractivity contribution in [2.45, 2.75) is 62.4 Å². The average Bonchev–Trinajstić information content (AvgIpc) is 3.56. The minimum Gasteiger partial charge on any atom is -0.489 e. The lowest BCUT2D eigenvalue weighted by Crippen LogP contribution is -2.49. The van der Waals surface area contributed by atoms with Gasteiger partial charge in [0.15, 0.2) is 11.6 Å². The monoisotopic (exact) mass is 608 g/mol. The van der Waals surface area contributed by atoms with Crippen LogP contribution in [0.2, 0.25) is 5.02 Å². The standard InChI is InChI=1S/C24H26BrClF4N4O3/c25-17-18(26)21-16-20(19(17)30)31-23(37-11-24-4-2-5-33(24)8-12(27)7-24)32-22(16)34(9-15(28)29)13(10-36-21)14-3-1-6-35-14/h12-15H,1-11H2/t12-,13?,14?,24+/m1/s1. The first-order valence-corrected chi connectivity index (χ1v) is 13.6. The Hall–Kier alpha value is -1.63. The summed E-state index contributed by atoms with van der Waals surface area (Å²) in [4.78, 5) is 12.3. The van der Waals surface area contributed by atoms with Crippen molar-refractivity contribution in [2.24, 2.45) is 0 Å². The van der Waals surface area contributed by atoms with E-state index in [2.05, 4.69) is 30.8 Å². The molecule has 3 fully saturated rings. The Morgan fingerprint density at radius 2 is 2.11 bits per heavy atom. The summed E-state index contributed by atoms with van der Waals surface area (Å²) in [7, 11) is 0. The van der Waals surface area contributed by atoms with E-state index < -0.39 is 36.5 Å². The number of hydrogen-bond acceptors (Lipinski definition) is 7. The largest absolute Gasteiger partial charge is 0.489 e. The normalized spacial score (nSPS) is 29.7. The topological polar surface area (TPSA) is 60.0 Å². The van der Waals surface area contributed by atoms with Crippen molar-refractivity contribution < 1.29 is 31.8 Å². The fourth-order valence-corrected chi connectivity index (χ4v) is 6.86. The molecule has 1 aromatic heterocycles. The van der Waals surface area contributed by atoms with Gasteiger partial charge in [-0.2, -0.15) is 9.97 Å². The molecule has 0 radical (unpaired) electrons. The predicted molar refractivity (Wildman–Crippen MR) is 132 cm³/mol. The second kappa shape index (κ2) is 9.84. The fraction of sp³-hybridized carbons (Fsp3) is 0.667. The highest BCUT2D eigenvalue weighted by Gasteiger charge is 2.49. The maximum absolute atomic E-state index is 15.5. The number of nitrogens with zero attached hydrogens (tertiary/aromatic N) is 4. The molecule has 0 amide bonds. The maximum atomic E-state index is 15.5. The van der Waals surface area contributed by atoms with E-state index in [-0.39, 0.29) is 57.3 Å². The average molecular weight is 610 g/mol. The van der Waals surface area contributed by atoms with Crippen LogP contribution in [0.1, 0.15) is 32.1 Å². The Bertz CT molecular complexity index is 1210. The smallest absolute Gasteiger partial charge is 0.319 e. The highest BCUT2D eigenvalue weighted by atomic mass is 79.9. The van der Waals surface area contributed by atoms with Gasteiger partial charge < -0.3 is 19.1 Å². The number of alkyl halides is 3. The van der Waals surface area contributed by atoms with E-state index in [1.54, 1.807) is 0 Å². The van der Waals surface area contributed by atoms with Crippen molar-refractivity contribution in [3.8, 4) is 11.8 Å². The first kappa shape index (κ1) is 25.6. The molecule has 13 heteroatoms. The van der Waals surface area contributed by atoms with Gasteiger partial charge in [-0.25, -0.2) is 17.6 Å². The van der Waals surface area contributed by atoms with Gasteiger partial charge in [-0.3, -0.25) is 4.90 Å². The fourth-order valence-electron chi connectivity index (χ4n) is 6.26. The highest BCUT2D eigenvalue weighted by molar-refractivity contribution is 9.10. The van der Waals surface area contributed by atoms with Crippen LogP contribution in [0.15, 0.2) is 4.47 Å². The number of fused-ring (bicyclic) bond motifs is 1. The lowest BCUT2D eigenvalue weighted by Gasteiger charge is -2.34. The molecule has 0 bridgehead atoms. The van der Waals surface area contributed by atoms with Crippen LogP contribution in [-0.2, 0) is 4.74 Å². The lowest BCUT2D eigenvalue weighted by atomic mass is 9.95. The van der Waals surface area contributed by atoms with E-state index in [1.807, 2.05) is 0 Å². The summed E-state index contributed by atoms with van der Waals surface area (Å²) < 4.78 is 75.3. The van der Waals surface area contributed by atoms with Gasteiger partial charge in [0.1, 0.15) is 35.7 Å². The van der Waals surface area contributed by atoms with Gasteiger partial charge >= 0.3 is 6.01 Å². The molecule has 3 saturated heterocycles. The van der Waals surface area contributed by atoms with Crippen molar-refractivity contribution in [1.82, 2.24) is 14.9 Å². The molecule has 1 aromatic carbocycles. The SMILES string of the molecule is Fc1c(Br)c(Cl)c2c3c(nc(OC[C@@]45CCCN4C[C@H](F)C5)nc13)N(CC(F)F)C(C1CCCO1)CO2. The van der Waals surface area contributed by atoms with Crippen LogP contribution in [0.4, 0.5) is 23.4 Å². The number of hydrogen-bond donors (Lipinski definition) is 0. The van der Waals surface area contributed by atoms with Crippen molar-refractivity contribution >= 4 is 44.3 Å². The molecule has 5 heterocycles. The van der Waals surface area contributed by atoms with E-state index in [0.717, 1.165) is 25.8 Å². The third kappa shape index (κ3) is 4.41. The molecule has 0 N–H and O–H groups in total. The molecular weight excluding hydrogens is 584 g/mol. The van der Waals surface area contributed by atoms with E-state index >= 15 is 4.39 Å². The molecule has 4 aliphatic heterocycles. The zero-order valence-corrected chi connectivity index (χ0v) is 22.2. The van der Waals surface area contributed by atoms with Gasteiger partial charge in [0.25, 0.3) is 6.43 Å².